The molecule has 0 bridgehead atoms. The Morgan fingerprint density at radius 3 is 2.91 bits per heavy atom. The van der Waals surface area contributed by atoms with E-state index in [1.165, 1.54) is 0 Å². The zero-order valence-corrected chi connectivity index (χ0v) is 19.1. The summed E-state index contributed by atoms with van der Waals surface area (Å²) in [7, 11) is 0. The van der Waals surface area contributed by atoms with Crippen LogP contribution >= 0.6 is 11.8 Å². The lowest BCUT2D eigenvalue weighted by molar-refractivity contribution is 0.0947. The summed E-state index contributed by atoms with van der Waals surface area (Å²) < 4.78 is 12.8. The van der Waals surface area contributed by atoms with Crippen molar-refractivity contribution in [3.8, 4) is 5.88 Å². The van der Waals surface area contributed by atoms with Crippen LogP contribution in [0.4, 0.5) is 5.82 Å². The third-order valence-electron chi connectivity index (χ3n) is 4.95. The number of amides is 1. The lowest BCUT2D eigenvalue weighted by Crippen LogP contribution is -2.37. The number of pyridine rings is 1. The maximum atomic E-state index is 12.6. The monoisotopic (exact) mass is 457 g/mol. The number of thioether (sulfide) groups is 1. The first-order valence-electron chi connectivity index (χ1n) is 10.8. The lowest BCUT2D eigenvalue weighted by atomic mass is 10.2. The second-order valence-corrected chi connectivity index (χ2v) is 8.24. The Bertz CT molecular complexity index is 1070. The largest absolute Gasteiger partial charge is 0.477 e. The molecule has 0 aromatic carbocycles. The summed E-state index contributed by atoms with van der Waals surface area (Å²) in [6.45, 7) is 8.19. The van der Waals surface area contributed by atoms with Crippen LogP contribution in [0, 0.1) is 0 Å². The third kappa shape index (κ3) is 4.94. The van der Waals surface area contributed by atoms with Gasteiger partial charge in [0.1, 0.15) is 11.4 Å². The molecule has 0 unspecified atom stereocenters. The maximum absolute atomic E-state index is 12.6. The second kappa shape index (κ2) is 10.6. The highest BCUT2D eigenvalue weighted by atomic mass is 32.2. The third-order valence-corrected chi connectivity index (χ3v) is 5.68. The highest BCUT2D eigenvalue weighted by molar-refractivity contribution is 7.99. The number of anilines is 1. The minimum atomic E-state index is -0.233. The van der Waals surface area contributed by atoms with Crippen molar-refractivity contribution in [1.82, 2.24) is 30.0 Å². The van der Waals surface area contributed by atoms with Crippen LogP contribution in [-0.4, -0.2) is 75.8 Å². The summed E-state index contributed by atoms with van der Waals surface area (Å²) in [6.07, 6.45) is 3.41. The summed E-state index contributed by atoms with van der Waals surface area (Å²) >= 11 is 1.60. The van der Waals surface area contributed by atoms with Crippen molar-refractivity contribution in [2.24, 2.45) is 0 Å². The van der Waals surface area contributed by atoms with Gasteiger partial charge in [0.25, 0.3) is 5.91 Å². The van der Waals surface area contributed by atoms with E-state index in [-0.39, 0.29) is 5.91 Å². The average Bonchev–Trinajstić information content (AvgIpc) is 3.23. The smallest absolute Gasteiger partial charge is 0.256 e. The number of carbonyl (C=O) groups excluding carboxylic acids is 1. The number of ether oxygens (including phenoxy) is 2. The summed E-state index contributed by atoms with van der Waals surface area (Å²) in [6, 6.07) is 3.42. The minimum Gasteiger partial charge on any atom is -0.477 e. The number of fused-ring (bicyclic) bond motifs is 1. The van der Waals surface area contributed by atoms with Crippen molar-refractivity contribution < 1.29 is 14.3 Å². The van der Waals surface area contributed by atoms with E-state index in [0.717, 1.165) is 40.9 Å². The molecule has 1 fully saturated rings. The van der Waals surface area contributed by atoms with Gasteiger partial charge in [-0.05, 0) is 24.8 Å². The van der Waals surface area contributed by atoms with Gasteiger partial charge in [-0.2, -0.15) is 5.10 Å². The fourth-order valence-electron chi connectivity index (χ4n) is 3.48. The van der Waals surface area contributed by atoms with Gasteiger partial charge in [-0.3, -0.25) is 4.79 Å². The molecular formula is C21H27N7O3S. The highest BCUT2D eigenvalue weighted by Gasteiger charge is 2.20. The summed E-state index contributed by atoms with van der Waals surface area (Å²) in [5, 5.41) is 9.08. The molecule has 1 aliphatic heterocycles. The maximum Gasteiger partial charge on any atom is 0.256 e. The van der Waals surface area contributed by atoms with E-state index in [1.54, 1.807) is 36.3 Å². The van der Waals surface area contributed by atoms with Crippen LogP contribution in [0.3, 0.4) is 0 Å². The first-order valence-corrected chi connectivity index (χ1v) is 11.7. The second-order valence-electron chi connectivity index (χ2n) is 7.01. The molecule has 170 valence electrons. The zero-order valence-electron chi connectivity index (χ0n) is 18.3. The predicted molar refractivity (Wildman–Crippen MR) is 122 cm³/mol. The number of nitrogens with one attached hydrogen (secondary N) is 1. The Labute approximate surface area is 190 Å². The number of hydrogen-bond donors (Lipinski definition) is 1. The number of nitrogens with zero attached hydrogens (tertiary/aromatic N) is 6. The molecule has 1 amide bonds. The zero-order chi connectivity index (χ0) is 22.3. The number of rotatable bonds is 9. The van der Waals surface area contributed by atoms with E-state index < -0.39 is 0 Å². The summed E-state index contributed by atoms with van der Waals surface area (Å²) in [4.78, 5) is 28.5. The molecule has 32 heavy (non-hydrogen) atoms. The van der Waals surface area contributed by atoms with Crippen LogP contribution in [0.2, 0.25) is 0 Å². The lowest BCUT2D eigenvalue weighted by Gasteiger charge is -2.28. The number of hydrogen-bond acceptors (Lipinski definition) is 9. The van der Waals surface area contributed by atoms with Crippen molar-refractivity contribution in [1.29, 1.82) is 0 Å². The van der Waals surface area contributed by atoms with Crippen molar-refractivity contribution >= 4 is 34.5 Å². The normalized spacial score (nSPS) is 14.0. The van der Waals surface area contributed by atoms with Gasteiger partial charge in [0.05, 0.1) is 37.9 Å². The summed E-state index contributed by atoms with van der Waals surface area (Å²) in [5.41, 5.74) is 1.18. The Hall–Kier alpha value is -2.92. The van der Waals surface area contributed by atoms with Crippen molar-refractivity contribution in [3.05, 3.63) is 30.1 Å². The Kier molecular flexibility index (Phi) is 7.38. The van der Waals surface area contributed by atoms with E-state index in [0.29, 0.717) is 44.4 Å². The molecule has 1 N–H and O–H groups in total. The number of carbonyl (C=O) groups is 1. The molecule has 4 rings (SSSR count). The van der Waals surface area contributed by atoms with E-state index in [9.17, 15) is 4.79 Å². The topological polar surface area (TPSA) is 107 Å². The van der Waals surface area contributed by atoms with Crippen LogP contribution < -0.4 is 15.0 Å². The van der Waals surface area contributed by atoms with Gasteiger partial charge in [0.15, 0.2) is 10.8 Å². The number of aromatic nitrogens is 5. The number of morpholine rings is 1. The molecular weight excluding hydrogens is 430 g/mol. The molecule has 4 heterocycles. The van der Waals surface area contributed by atoms with E-state index in [4.69, 9.17) is 19.4 Å². The van der Waals surface area contributed by atoms with Gasteiger partial charge in [0, 0.05) is 25.8 Å². The van der Waals surface area contributed by atoms with Gasteiger partial charge in [-0.25, -0.2) is 19.6 Å². The molecule has 3 aromatic heterocycles. The van der Waals surface area contributed by atoms with Crippen LogP contribution in [0.5, 0.6) is 5.88 Å². The fraction of sp³-hybridized carbons (Fsp3) is 0.476. The van der Waals surface area contributed by atoms with Crippen molar-refractivity contribution in [3.63, 3.8) is 0 Å². The van der Waals surface area contributed by atoms with E-state index in [2.05, 4.69) is 27.2 Å². The molecule has 0 atom stereocenters. The molecule has 3 aromatic rings. The first-order chi connectivity index (χ1) is 15.7. The van der Waals surface area contributed by atoms with Crippen molar-refractivity contribution in [2.45, 2.75) is 25.5 Å². The molecule has 1 saturated heterocycles. The van der Waals surface area contributed by atoms with E-state index >= 15 is 0 Å². The van der Waals surface area contributed by atoms with Crippen LogP contribution in [0.15, 0.2) is 29.7 Å². The molecule has 0 spiro atoms. The van der Waals surface area contributed by atoms with Gasteiger partial charge >= 0.3 is 0 Å². The Balaban J connectivity index is 1.51. The average molecular weight is 458 g/mol. The predicted octanol–water partition coefficient (Wildman–Crippen LogP) is 2.00. The van der Waals surface area contributed by atoms with E-state index in [1.807, 2.05) is 11.6 Å². The van der Waals surface area contributed by atoms with Gasteiger partial charge < -0.3 is 19.7 Å². The van der Waals surface area contributed by atoms with Gasteiger partial charge in [0.2, 0.25) is 5.88 Å². The Morgan fingerprint density at radius 1 is 1.28 bits per heavy atom. The molecule has 0 saturated carbocycles. The molecule has 11 heteroatoms. The molecule has 0 radical (unpaired) electrons. The standard InChI is InChI=1S/C21H27N7O3S/c1-3-31-20-15(6-5-7-23-20)19(29)22-8-9-28-18-16(14-24-28)17(25-21(26-18)32-4-2)27-10-12-30-13-11-27/h5-7,14H,3-4,8-13H2,1-2H3,(H,22,29). The SMILES string of the molecule is CCOc1ncccc1C(=O)NCCn1ncc2c(N3CCOCC3)nc(SCC)nc21. The van der Waals surface area contributed by atoms with Crippen LogP contribution in [-0.2, 0) is 11.3 Å². The van der Waals surface area contributed by atoms with Gasteiger partial charge in [-0.1, -0.05) is 18.7 Å². The van der Waals surface area contributed by atoms with Crippen LogP contribution in [0.1, 0.15) is 24.2 Å². The summed E-state index contributed by atoms with van der Waals surface area (Å²) in [5.74, 6) is 1.87. The highest BCUT2D eigenvalue weighted by Crippen LogP contribution is 2.27. The molecule has 0 aliphatic carbocycles. The Morgan fingerprint density at radius 2 is 2.12 bits per heavy atom. The van der Waals surface area contributed by atoms with Crippen molar-refractivity contribution in [2.75, 3.05) is 50.1 Å². The quantitative estimate of drug-likeness (QED) is 0.381. The van der Waals surface area contributed by atoms with Gasteiger partial charge in [-0.15, -0.1) is 0 Å². The minimum absolute atomic E-state index is 0.233. The van der Waals surface area contributed by atoms with Crippen LogP contribution in [0.25, 0.3) is 11.0 Å². The fourth-order valence-corrected chi connectivity index (χ4v) is 4.04. The molecule has 1 aliphatic rings. The first kappa shape index (κ1) is 22.3. The molecule has 10 nitrogen and oxygen atoms in total.